The zero-order valence-corrected chi connectivity index (χ0v) is 12.0. The van der Waals surface area contributed by atoms with Gasteiger partial charge in [0.15, 0.2) is 0 Å². The standard InChI is InChI=1S/C15H26O2/c1-8(2)11-12-10(14(11)17-6)7-15(4,5)13(12)9(3)16/h8,10-14H,7H2,1-6H3. The summed E-state index contributed by atoms with van der Waals surface area (Å²) in [7, 11) is 1.82. The number of hydrogen-bond acceptors (Lipinski definition) is 2. The van der Waals surface area contributed by atoms with Crippen molar-refractivity contribution in [3.63, 3.8) is 0 Å². The summed E-state index contributed by atoms with van der Waals surface area (Å²) in [5, 5.41) is 0. The molecule has 2 heteroatoms. The maximum atomic E-state index is 12.0. The van der Waals surface area contributed by atoms with E-state index in [0.29, 0.717) is 35.6 Å². The van der Waals surface area contributed by atoms with E-state index in [1.807, 2.05) is 7.11 Å². The van der Waals surface area contributed by atoms with Crippen molar-refractivity contribution in [2.45, 2.75) is 47.1 Å². The van der Waals surface area contributed by atoms with Crippen molar-refractivity contribution in [1.82, 2.24) is 0 Å². The molecular formula is C15H26O2. The SMILES string of the molecule is COC1C2CC(C)(C)C(C(C)=O)C2C1C(C)C. The van der Waals surface area contributed by atoms with Crippen LogP contribution < -0.4 is 0 Å². The van der Waals surface area contributed by atoms with Crippen LogP contribution in [0.25, 0.3) is 0 Å². The molecule has 2 fully saturated rings. The lowest BCUT2D eigenvalue weighted by Crippen LogP contribution is -2.54. The number of carbonyl (C=O) groups is 1. The molecule has 0 N–H and O–H groups in total. The van der Waals surface area contributed by atoms with Crippen molar-refractivity contribution in [3.8, 4) is 0 Å². The molecule has 2 aliphatic carbocycles. The van der Waals surface area contributed by atoms with Gasteiger partial charge in [-0.15, -0.1) is 0 Å². The first-order valence-corrected chi connectivity index (χ1v) is 6.84. The largest absolute Gasteiger partial charge is 0.381 e. The second-order valence-electron chi connectivity index (χ2n) is 7.04. The third kappa shape index (κ3) is 1.76. The van der Waals surface area contributed by atoms with E-state index in [4.69, 9.17) is 4.74 Å². The summed E-state index contributed by atoms with van der Waals surface area (Å²) in [6.45, 7) is 10.8. The molecule has 0 aromatic heterocycles. The molecule has 2 saturated carbocycles. The third-order valence-electron chi connectivity index (χ3n) is 5.21. The van der Waals surface area contributed by atoms with E-state index in [1.54, 1.807) is 6.92 Å². The maximum absolute atomic E-state index is 12.0. The van der Waals surface area contributed by atoms with E-state index in [1.165, 1.54) is 0 Å². The Morgan fingerprint density at radius 1 is 1.35 bits per heavy atom. The molecule has 0 spiro atoms. The van der Waals surface area contributed by atoms with Crippen LogP contribution in [-0.4, -0.2) is 19.0 Å². The lowest BCUT2D eigenvalue weighted by molar-refractivity contribution is -0.150. The molecule has 5 atom stereocenters. The average molecular weight is 238 g/mol. The van der Waals surface area contributed by atoms with Crippen LogP contribution in [0.1, 0.15) is 41.0 Å². The lowest BCUT2D eigenvalue weighted by atomic mass is 9.56. The summed E-state index contributed by atoms with van der Waals surface area (Å²) in [4.78, 5) is 12.0. The summed E-state index contributed by atoms with van der Waals surface area (Å²) in [5.74, 6) is 2.97. The average Bonchev–Trinajstić information content (AvgIpc) is 2.38. The van der Waals surface area contributed by atoms with Crippen LogP contribution in [0, 0.1) is 35.0 Å². The minimum Gasteiger partial charge on any atom is -0.381 e. The monoisotopic (exact) mass is 238 g/mol. The topological polar surface area (TPSA) is 26.3 Å². The van der Waals surface area contributed by atoms with Crippen molar-refractivity contribution in [2.24, 2.45) is 35.0 Å². The van der Waals surface area contributed by atoms with Gasteiger partial charge in [-0.05, 0) is 42.4 Å². The molecule has 0 aliphatic heterocycles. The van der Waals surface area contributed by atoms with Crippen molar-refractivity contribution < 1.29 is 9.53 Å². The van der Waals surface area contributed by atoms with E-state index in [0.717, 1.165) is 6.42 Å². The fourth-order valence-corrected chi connectivity index (χ4v) is 4.82. The second kappa shape index (κ2) is 4.08. The van der Waals surface area contributed by atoms with Gasteiger partial charge < -0.3 is 4.74 Å². The van der Waals surface area contributed by atoms with Gasteiger partial charge in [0, 0.05) is 13.0 Å². The number of Topliss-reactive ketones (excluding diaryl/α,β-unsaturated/α-hetero) is 1. The molecule has 0 heterocycles. The van der Waals surface area contributed by atoms with E-state index in [9.17, 15) is 4.79 Å². The van der Waals surface area contributed by atoms with Crippen molar-refractivity contribution in [1.29, 1.82) is 0 Å². The molecule has 0 amide bonds. The quantitative estimate of drug-likeness (QED) is 0.755. The van der Waals surface area contributed by atoms with Crippen molar-refractivity contribution >= 4 is 5.78 Å². The van der Waals surface area contributed by atoms with E-state index >= 15 is 0 Å². The summed E-state index contributed by atoms with van der Waals surface area (Å²) < 4.78 is 5.68. The highest BCUT2D eigenvalue weighted by Crippen LogP contribution is 2.63. The van der Waals surface area contributed by atoms with E-state index < -0.39 is 0 Å². The molecule has 0 bridgehead atoms. The Kier molecular flexibility index (Phi) is 3.14. The molecule has 2 nitrogen and oxygen atoms in total. The Bertz CT molecular complexity index is 319. The van der Waals surface area contributed by atoms with E-state index in [-0.39, 0.29) is 11.3 Å². The Balaban J connectivity index is 2.29. The summed E-state index contributed by atoms with van der Waals surface area (Å²) in [6.07, 6.45) is 1.52. The number of carbonyl (C=O) groups excluding carboxylic acids is 1. The highest BCUT2D eigenvalue weighted by atomic mass is 16.5. The van der Waals surface area contributed by atoms with Gasteiger partial charge in [-0.1, -0.05) is 27.7 Å². The summed E-state index contributed by atoms with van der Waals surface area (Å²) in [5.41, 5.74) is 0.154. The Hall–Kier alpha value is -0.370. The number of ketones is 1. The Morgan fingerprint density at radius 2 is 1.94 bits per heavy atom. The van der Waals surface area contributed by atoms with Gasteiger partial charge in [-0.2, -0.15) is 0 Å². The van der Waals surface area contributed by atoms with Crippen LogP contribution in [0.2, 0.25) is 0 Å². The normalized spacial score (nSPS) is 43.4. The van der Waals surface area contributed by atoms with Gasteiger partial charge in [0.1, 0.15) is 5.78 Å². The Labute approximate surface area is 105 Å². The summed E-state index contributed by atoms with van der Waals surface area (Å²) in [6, 6.07) is 0. The number of rotatable bonds is 3. The van der Waals surface area contributed by atoms with Crippen LogP contribution in [0.4, 0.5) is 0 Å². The molecule has 0 aromatic rings. The number of methoxy groups -OCH3 is 1. The first-order chi connectivity index (χ1) is 7.81. The van der Waals surface area contributed by atoms with Gasteiger partial charge in [-0.3, -0.25) is 4.79 Å². The highest BCUT2D eigenvalue weighted by molar-refractivity contribution is 5.80. The summed E-state index contributed by atoms with van der Waals surface area (Å²) >= 11 is 0. The molecule has 0 saturated heterocycles. The van der Waals surface area contributed by atoms with Crippen LogP contribution in [0.3, 0.4) is 0 Å². The van der Waals surface area contributed by atoms with Crippen molar-refractivity contribution in [3.05, 3.63) is 0 Å². The highest BCUT2D eigenvalue weighted by Gasteiger charge is 2.64. The molecule has 0 aromatic carbocycles. The van der Waals surface area contributed by atoms with Crippen LogP contribution in [-0.2, 0) is 9.53 Å². The fraction of sp³-hybridized carbons (Fsp3) is 0.933. The zero-order valence-electron chi connectivity index (χ0n) is 12.0. The van der Waals surface area contributed by atoms with Gasteiger partial charge in [0.2, 0.25) is 0 Å². The lowest BCUT2D eigenvalue weighted by Gasteiger charge is -2.52. The fourth-order valence-electron chi connectivity index (χ4n) is 4.82. The number of fused-ring (bicyclic) bond motifs is 1. The minimum atomic E-state index is 0.154. The smallest absolute Gasteiger partial charge is 0.133 e. The molecular weight excluding hydrogens is 212 g/mol. The maximum Gasteiger partial charge on any atom is 0.133 e. The predicted octanol–water partition coefficient (Wildman–Crippen LogP) is 3.15. The zero-order chi connectivity index (χ0) is 13.0. The van der Waals surface area contributed by atoms with Gasteiger partial charge >= 0.3 is 0 Å². The van der Waals surface area contributed by atoms with Crippen LogP contribution in [0.5, 0.6) is 0 Å². The van der Waals surface area contributed by atoms with Gasteiger partial charge in [-0.25, -0.2) is 0 Å². The first-order valence-electron chi connectivity index (χ1n) is 6.84. The molecule has 2 aliphatic rings. The molecule has 17 heavy (non-hydrogen) atoms. The van der Waals surface area contributed by atoms with Gasteiger partial charge in [0.05, 0.1) is 6.10 Å². The molecule has 2 rings (SSSR count). The van der Waals surface area contributed by atoms with Gasteiger partial charge in [0.25, 0.3) is 0 Å². The van der Waals surface area contributed by atoms with Crippen LogP contribution in [0.15, 0.2) is 0 Å². The van der Waals surface area contributed by atoms with Crippen LogP contribution >= 0.6 is 0 Å². The van der Waals surface area contributed by atoms with E-state index in [2.05, 4.69) is 27.7 Å². The second-order valence-corrected chi connectivity index (χ2v) is 7.04. The number of ether oxygens (including phenoxy) is 1. The Morgan fingerprint density at radius 3 is 2.35 bits per heavy atom. The third-order valence-corrected chi connectivity index (χ3v) is 5.21. The molecule has 98 valence electrons. The first kappa shape index (κ1) is 13.1. The minimum absolute atomic E-state index is 0.154. The predicted molar refractivity (Wildman–Crippen MR) is 68.7 cm³/mol. The van der Waals surface area contributed by atoms with Crippen molar-refractivity contribution in [2.75, 3.05) is 7.11 Å². The number of hydrogen-bond donors (Lipinski definition) is 0. The molecule has 0 radical (unpaired) electrons. The molecule has 5 unspecified atom stereocenters.